The quantitative estimate of drug-likeness (QED) is 0.139. The molecule has 0 aliphatic carbocycles. The summed E-state index contributed by atoms with van der Waals surface area (Å²) in [5, 5.41) is 2.08. The van der Waals surface area contributed by atoms with Gasteiger partial charge in [-0.1, -0.05) is 59.7 Å². The minimum absolute atomic E-state index is 0.708. The van der Waals surface area contributed by atoms with Crippen molar-refractivity contribution < 1.29 is 0 Å². The Morgan fingerprint density at radius 1 is 0.571 bits per heavy atom. The molecule has 0 amide bonds. The van der Waals surface area contributed by atoms with E-state index in [0.29, 0.717) is 14.5 Å². The summed E-state index contributed by atoms with van der Waals surface area (Å²) in [5.41, 5.74) is 2.66. The van der Waals surface area contributed by atoms with Gasteiger partial charge in [-0.3, -0.25) is 0 Å². The second-order valence-electron chi connectivity index (χ2n) is 7.78. The first-order valence-corrected chi connectivity index (χ1v) is 16.2. The average Bonchev–Trinajstić information content (AvgIpc) is 3.63. The first-order valence-electron chi connectivity index (χ1n) is 11.5. The van der Waals surface area contributed by atoms with E-state index in [4.69, 9.17) is 0 Å². The maximum atomic E-state index is 2.22. The van der Waals surface area contributed by atoms with Crippen molar-refractivity contribution in [3.05, 3.63) is 132 Å². The van der Waals surface area contributed by atoms with E-state index in [1.807, 2.05) is 29.5 Å². The number of hydrogen-bond acceptors (Lipinski definition) is 3. The third-order valence-corrected chi connectivity index (χ3v) is 8.54. The molecule has 186 valence electrons. The van der Waals surface area contributed by atoms with Crippen LogP contribution in [0.15, 0.2) is 106 Å². The summed E-state index contributed by atoms with van der Waals surface area (Å²) in [5.74, 6) is 0. The van der Waals surface area contributed by atoms with Crippen molar-refractivity contribution in [3.63, 3.8) is 0 Å². The van der Waals surface area contributed by atoms with Gasteiger partial charge in [0.1, 0.15) is 0 Å². The summed E-state index contributed by atoms with van der Waals surface area (Å²) in [4.78, 5) is 7.74. The van der Waals surface area contributed by atoms with Crippen molar-refractivity contribution in [1.29, 1.82) is 0 Å². The van der Waals surface area contributed by atoms with E-state index in [2.05, 4.69) is 131 Å². The molecule has 0 aliphatic heterocycles. The molecule has 0 saturated heterocycles. The molecule has 0 fully saturated rings. The van der Waals surface area contributed by atoms with Gasteiger partial charge in [-0.25, -0.2) is 0 Å². The molecule has 0 nitrogen and oxygen atoms in total. The van der Waals surface area contributed by atoms with Crippen molar-refractivity contribution in [1.82, 2.24) is 0 Å². The summed E-state index contributed by atoms with van der Waals surface area (Å²) in [7, 11) is 0. The van der Waals surface area contributed by atoms with Crippen LogP contribution in [-0.4, -0.2) is 20.8 Å². The van der Waals surface area contributed by atoms with Crippen LogP contribution in [0.3, 0.4) is 0 Å². The average molecular weight is 586 g/mol. The minimum atomic E-state index is 0.708. The first kappa shape index (κ1) is 31.2. The van der Waals surface area contributed by atoms with Crippen LogP contribution in [0.25, 0.3) is 0 Å². The summed E-state index contributed by atoms with van der Waals surface area (Å²) in [6.45, 7) is 12.7. The molecule has 4 heteroatoms. The van der Waals surface area contributed by atoms with Crippen molar-refractivity contribution in [2.45, 2.75) is 46.4 Å². The molecule has 0 spiro atoms. The van der Waals surface area contributed by atoms with Crippen molar-refractivity contribution in [2.75, 3.05) is 6.26 Å². The van der Waals surface area contributed by atoms with Gasteiger partial charge in [0.2, 0.25) is 0 Å². The smallest absolute Gasteiger partial charge is 0.00141 e. The Morgan fingerprint density at radius 2 is 1.14 bits per heavy atom. The van der Waals surface area contributed by atoms with E-state index in [1.165, 1.54) is 35.1 Å². The molecule has 0 bridgehead atoms. The monoisotopic (exact) mass is 586 g/mol. The maximum Gasteiger partial charge on any atom is 0.00141 e. The molecule has 3 heterocycles. The van der Waals surface area contributed by atoms with Gasteiger partial charge in [-0.05, 0) is 76.6 Å². The molecule has 35 heavy (non-hydrogen) atoms. The third kappa shape index (κ3) is 17.3. The molecule has 0 saturated carbocycles. The molecular weight excluding hydrogens is 548 g/mol. The molecule has 0 atom stereocenters. The number of thiophene rings is 2. The Morgan fingerprint density at radius 3 is 1.37 bits per heavy atom. The second kappa shape index (κ2) is 19.4. The fraction of sp³-hybridized carbons (Fsp3) is 0.226. The molecule has 0 unspecified atom stereocenters. The van der Waals surface area contributed by atoms with Crippen LogP contribution in [0.1, 0.15) is 30.2 Å². The number of benzene rings is 2. The summed E-state index contributed by atoms with van der Waals surface area (Å²) < 4.78 is 1.53. The summed E-state index contributed by atoms with van der Waals surface area (Å²) in [6, 6.07) is 31.5. The minimum Gasteiger partial charge on any atom is -0.149 e. The van der Waals surface area contributed by atoms with Gasteiger partial charge < -0.3 is 0 Å². The van der Waals surface area contributed by atoms with E-state index >= 15 is 0 Å². The Bertz CT molecular complexity index is 1040. The van der Waals surface area contributed by atoms with Gasteiger partial charge in [0.25, 0.3) is 0 Å². The largest absolute Gasteiger partial charge is 0.149 e. The molecule has 2 aromatic carbocycles. The van der Waals surface area contributed by atoms with E-state index in [9.17, 15) is 0 Å². The van der Waals surface area contributed by atoms with Crippen LogP contribution in [-0.2, 0) is 0 Å². The number of aryl methyl sites for hydroxylation is 6. The Hall–Kier alpha value is -1.81. The van der Waals surface area contributed by atoms with E-state index < -0.39 is 0 Å². The normalized spacial score (nSPS) is 9.11. The SMILES string of the molecule is CSc1ccccc1.Cc1ccc(C)cc1.Cc1ccc(C)s1.Cc1ccc[se]1.Cc1cccs1. The Kier molecular flexibility index (Phi) is 17.3. The van der Waals surface area contributed by atoms with Gasteiger partial charge in [-0.15, -0.1) is 34.4 Å². The molecule has 0 N–H and O–H groups in total. The number of thioether (sulfide) groups is 1. The fourth-order valence-electron chi connectivity index (χ4n) is 2.47. The molecule has 5 rings (SSSR count). The second-order valence-corrected chi connectivity index (χ2v) is 13.7. The molecule has 3 aromatic heterocycles. The van der Waals surface area contributed by atoms with Crippen LogP contribution in [0.2, 0.25) is 0 Å². The zero-order valence-electron chi connectivity index (χ0n) is 21.9. The summed E-state index contributed by atoms with van der Waals surface area (Å²) in [6.07, 6.45) is 2.08. The van der Waals surface area contributed by atoms with Gasteiger partial charge in [0, 0.05) is 19.5 Å². The zero-order valence-corrected chi connectivity index (χ0v) is 26.1. The first-order chi connectivity index (χ1) is 16.8. The van der Waals surface area contributed by atoms with E-state index in [-0.39, 0.29) is 0 Å². The predicted octanol–water partition coefficient (Wildman–Crippen LogP) is 10.2. The van der Waals surface area contributed by atoms with E-state index in [0.717, 1.165) is 0 Å². The predicted molar refractivity (Wildman–Crippen MR) is 165 cm³/mol. The van der Waals surface area contributed by atoms with Crippen LogP contribution in [0, 0.1) is 41.5 Å². The standard InChI is InChI=1S/C8H10.C7H8S.C6H8S.C5H6S.C5H6Se/c1-7-3-5-8(2)6-4-7;1-8-7-5-3-2-4-6-7;1-5-3-4-6(2)7-5;2*1-5-3-2-4-6-5/h3-6H,1-2H3;2-6H,1H3;3-4H,1-2H3;2*2-4H,1H3. The van der Waals surface area contributed by atoms with Crippen molar-refractivity contribution in [3.8, 4) is 0 Å². The zero-order chi connectivity index (χ0) is 25.9. The fourth-order valence-corrected chi connectivity index (χ4v) is 5.32. The molecule has 5 aromatic rings. The van der Waals surface area contributed by atoms with Gasteiger partial charge >= 0.3 is 42.9 Å². The van der Waals surface area contributed by atoms with Crippen molar-refractivity contribution in [2.24, 2.45) is 0 Å². The van der Waals surface area contributed by atoms with Gasteiger partial charge in [0.05, 0.1) is 0 Å². The maximum absolute atomic E-state index is 2.22. The summed E-state index contributed by atoms with van der Waals surface area (Å²) >= 11 is 6.10. The number of rotatable bonds is 1. The Balaban J connectivity index is 0.000000220. The molecule has 0 radical (unpaired) electrons. The van der Waals surface area contributed by atoms with Crippen LogP contribution in [0.4, 0.5) is 0 Å². The van der Waals surface area contributed by atoms with Gasteiger partial charge in [-0.2, -0.15) is 0 Å². The molecular formula is C31H38S3Se. The van der Waals surface area contributed by atoms with Crippen LogP contribution in [0.5, 0.6) is 0 Å². The Labute approximate surface area is 231 Å². The number of hydrogen-bond donors (Lipinski definition) is 0. The topological polar surface area (TPSA) is 0 Å². The van der Waals surface area contributed by atoms with Crippen molar-refractivity contribution >= 4 is 48.9 Å². The van der Waals surface area contributed by atoms with Gasteiger partial charge in [0.15, 0.2) is 0 Å². The third-order valence-electron chi connectivity index (χ3n) is 4.40. The van der Waals surface area contributed by atoms with Crippen LogP contribution >= 0.6 is 34.4 Å². The molecule has 0 aliphatic rings. The van der Waals surface area contributed by atoms with Crippen LogP contribution < -0.4 is 0 Å². The van der Waals surface area contributed by atoms with E-state index in [1.54, 1.807) is 23.1 Å².